The lowest BCUT2D eigenvalue weighted by atomic mass is 10.4. The molecule has 0 radical (unpaired) electrons. The summed E-state index contributed by atoms with van der Waals surface area (Å²) in [5.41, 5.74) is 7.46. The first-order valence-electron chi connectivity index (χ1n) is 2.37. The van der Waals surface area contributed by atoms with Crippen LogP contribution >= 0.6 is 0 Å². The van der Waals surface area contributed by atoms with Crippen molar-refractivity contribution in [1.82, 2.24) is 5.43 Å². The van der Waals surface area contributed by atoms with Gasteiger partial charge in [-0.05, 0) is 0 Å². The first-order valence-corrected chi connectivity index (χ1v) is 2.37. The average Bonchev–Trinajstić information content (AvgIpc) is 1.63. The van der Waals surface area contributed by atoms with Crippen LogP contribution in [-0.4, -0.2) is 24.0 Å². The van der Waals surface area contributed by atoms with E-state index in [1.807, 2.05) is 0 Å². The third kappa shape index (κ3) is 4.60. The van der Waals surface area contributed by atoms with E-state index in [0.717, 1.165) is 0 Å². The van der Waals surface area contributed by atoms with E-state index in [2.05, 4.69) is 10.5 Å². The van der Waals surface area contributed by atoms with E-state index in [-0.39, 0.29) is 12.3 Å². The van der Waals surface area contributed by atoms with Crippen LogP contribution < -0.4 is 11.2 Å². The number of aliphatic carboxylic acids is 1. The van der Waals surface area contributed by atoms with Crippen LogP contribution in [0.15, 0.2) is 5.10 Å². The van der Waals surface area contributed by atoms with Crippen molar-refractivity contribution < 1.29 is 9.90 Å². The molecular formula is C4H9N3O2. The van der Waals surface area contributed by atoms with Gasteiger partial charge in [-0.15, -0.1) is 0 Å². The number of amidine groups is 1. The van der Waals surface area contributed by atoms with Crippen LogP contribution in [-0.2, 0) is 4.79 Å². The normalized spacial score (nSPS) is 11.0. The Kier molecular flexibility index (Phi) is 3.19. The average molecular weight is 131 g/mol. The van der Waals surface area contributed by atoms with Crippen LogP contribution in [0.3, 0.4) is 0 Å². The first kappa shape index (κ1) is 7.74. The Morgan fingerprint density at radius 2 is 2.44 bits per heavy atom. The summed E-state index contributed by atoms with van der Waals surface area (Å²) in [4.78, 5) is 9.90. The highest BCUT2D eigenvalue weighted by atomic mass is 16.4. The van der Waals surface area contributed by atoms with E-state index < -0.39 is 5.97 Å². The molecule has 0 rings (SSSR count). The van der Waals surface area contributed by atoms with Crippen molar-refractivity contribution >= 4 is 11.8 Å². The topological polar surface area (TPSA) is 87.7 Å². The van der Waals surface area contributed by atoms with Gasteiger partial charge >= 0.3 is 5.97 Å². The van der Waals surface area contributed by atoms with Gasteiger partial charge in [-0.25, -0.2) is 0 Å². The minimum atomic E-state index is -0.980. The van der Waals surface area contributed by atoms with Gasteiger partial charge in [-0.1, -0.05) is 0 Å². The molecule has 0 unspecified atom stereocenters. The van der Waals surface area contributed by atoms with Crippen molar-refractivity contribution in [2.24, 2.45) is 10.8 Å². The molecule has 0 heterocycles. The summed E-state index contributed by atoms with van der Waals surface area (Å²) in [6.07, 6.45) is -0.221. The second kappa shape index (κ2) is 3.71. The highest BCUT2D eigenvalue weighted by molar-refractivity contribution is 5.95. The number of nitrogens with one attached hydrogen (secondary N) is 1. The smallest absolute Gasteiger partial charge is 0.311 e. The van der Waals surface area contributed by atoms with Crippen LogP contribution in [0.5, 0.6) is 0 Å². The Morgan fingerprint density at radius 3 is 2.78 bits per heavy atom. The fourth-order valence-electron chi connectivity index (χ4n) is 0.338. The fraction of sp³-hybridized carbons (Fsp3) is 0.500. The fourth-order valence-corrected chi connectivity index (χ4v) is 0.338. The van der Waals surface area contributed by atoms with Crippen molar-refractivity contribution in [3.05, 3.63) is 0 Å². The summed E-state index contributed by atoms with van der Waals surface area (Å²) >= 11 is 0. The largest absolute Gasteiger partial charge is 0.481 e. The standard InChI is InChI=1S/C4H9N3O2/c1-6-7-3(5)2-4(8)9/h6H,2H2,1H3,(H2,5,7)(H,8,9). The maximum Gasteiger partial charge on any atom is 0.311 e. The van der Waals surface area contributed by atoms with Gasteiger partial charge in [-0.2, -0.15) is 5.10 Å². The number of hydrazone groups is 1. The lowest BCUT2D eigenvalue weighted by Crippen LogP contribution is -2.19. The summed E-state index contributed by atoms with van der Waals surface area (Å²) < 4.78 is 0. The monoisotopic (exact) mass is 131 g/mol. The van der Waals surface area contributed by atoms with E-state index >= 15 is 0 Å². The second-order valence-electron chi connectivity index (χ2n) is 1.40. The molecule has 52 valence electrons. The lowest BCUT2D eigenvalue weighted by molar-refractivity contribution is -0.135. The van der Waals surface area contributed by atoms with Crippen LogP contribution in [0.25, 0.3) is 0 Å². The molecule has 9 heavy (non-hydrogen) atoms. The molecular weight excluding hydrogens is 122 g/mol. The van der Waals surface area contributed by atoms with Crippen molar-refractivity contribution in [2.45, 2.75) is 6.42 Å². The SMILES string of the molecule is CN/N=C(\N)CC(=O)O. The number of carboxylic acid groups (broad SMARTS) is 1. The third-order valence-corrected chi connectivity index (χ3v) is 0.588. The summed E-state index contributed by atoms with van der Waals surface area (Å²) in [5.74, 6) is -0.906. The first-order chi connectivity index (χ1) is 4.16. The number of nitrogens with zero attached hydrogens (tertiary/aromatic N) is 1. The predicted molar refractivity (Wildman–Crippen MR) is 32.9 cm³/mol. The molecule has 0 atom stereocenters. The molecule has 5 heteroatoms. The van der Waals surface area contributed by atoms with Gasteiger partial charge in [0.2, 0.25) is 0 Å². The molecule has 0 saturated carbocycles. The predicted octanol–water partition coefficient (Wildman–Crippen LogP) is -1.05. The maximum atomic E-state index is 9.90. The molecule has 5 nitrogen and oxygen atoms in total. The molecule has 0 aromatic carbocycles. The van der Waals surface area contributed by atoms with Crippen molar-refractivity contribution in [2.75, 3.05) is 7.05 Å². The van der Waals surface area contributed by atoms with E-state index in [1.165, 1.54) is 0 Å². The van der Waals surface area contributed by atoms with Crippen molar-refractivity contribution in [3.63, 3.8) is 0 Å². The molecule has 4 N–H and O–H groups in total. The third-order valence-electron chi connectivity index (χ3n) is 0.588. The van der Waals surface area contributed by atoms with Gasteiger partial charge in [0.15, 0.2) is 0 Å². The Hall–Kier alpha value is -1.26. The molecule has 0 aromatic heterocycles. The molecule has 0 aromatic rings. The molecule has 0 aliphatic heterocycles. The van der Waals surface area contributed by atoms with Crippen LogP contribution in [0.1, 0.15) is 6.42 Å². The van der Waals surface area contributed by atoms with E-state index in [9.17, 15) is 4.79 Å². The quantitative estimate of drug-likeness (QED) is 0.259. The number of hydrogen-bond acceptors (Lipinski definition) is 3. The Bertz CT molecular complexity index is 132. The zero-order valence-electron chi connectivity index (χ0n) is 5.09. The van der Waals surface area contributed by atoms with Gasteiger partial charge < -0.3 is 16.3 Å². The minimum Gasteiger partial charge on any atom is -0.481 e. The highest BCUT2D eigenvalue weighted by Gasteiger charge is 1.98. The van der Waals surface area contributed by atoms with E-state index in [4.69, 9.17) is 10.8 Å². The maximum absolute atomic E-state index is 9.90. The summed E-state index contributed by atoms with van der Waals surface area (Å²) in [6, 6.07) is 0. The zero-order chi connectivity index (χ0) is 7.28. The summed E-state index contributed by atoms with van der Waals surface area (Å²) in [5, 5.41) is 11.6. The molecule has 0 aliphatic rings. The van der Waals surface area contributed by atoms with Crippen molar-refractivity contribution in [3.8, 4) is 0 Å². The Morgan fingerprint density at radius 1 is 1.89 bits per heavy atom. The van der Waals surface area contributed by atoms with Gasteiger partial charge in [0, 0.05) is 7.05 Å². The molecule has 0 saturated heterocycles. The van der Waals surface area contributed by atoms with Gasteiger partial charge in [0.05, 0.1) is 0 Å². The van der Waals surface area contributed by atoms with Crippen LogP contribution in [0.2, 0.25) is 0 Å². The van der Waals surface area contributed by atoms with Crippen molar-refractivity contribution in [1.29, 1.82) is 0 Å². The molecule has 0 bridgehead atoms. The number of rotatable bonds is 3. The zero-order valence-corrected chi connectivity index (χ0v) is 5.09. The highest BCUT2D eigenvalue weighted by Crippen LogP contribution is 1.76. The van der Waals surface area contributed by atoms with Gasteiger partial charge in [0.25, 0.3) is 0 Å². The van der Waals surface area contributed by atoms with Crippen LogP contribution in [0.4, 0.5) is 0 Å². The minimum absolute atomic E-state index is 0.0741. The molecule has 0 spiro atoms. The molecule has 0 aliphatic carbocycles. The molecule has 0 amide bonds. The number of carbonyl (C=O) groups is 1. The Balaban J connectivity index is 3.62. The van der Waals surface area contributed by atoms with E-state index in [1.54, 1.807) is 7.05 Å². The number of hydrogen-bond donors (Lipinski definition) is 3. The second-order valence-corrected chi connectivity index (χ2v) is 1.40. The summed E-state index contributed by atoms with van der Waals surface area (Å²) in [6.45, 7) is 0. The van der Waals surface area contributed by atoms with E-state index in [0.29, 0.717) is 0 Å². The lowest BCUT2D eigenvalue weighted by Gasteiger charge is -1.92. The molecule has 0 fully saturated rings. The number of nitrogens with two attached hydrogens (primary N) is 1. The van der Waals surface area contributed by atoms with Gasteiger partial charge in [0.1, 0.15) is 12.3 Å². The summed E-state index contributed by atoms with van der Waals surface area (Å²) in [7, 11) is 1.55. The Labute approximate surface area is 52.5 Å². The van der Waals surface area contributed by atoms with Crippen LogP contribution in [0, 0.1) is 0 Å². The van der Waals surface area contributed by atoms with Gasteiger partial charge in [-0.3, -0.25) is 4.79 Å². The number of carboxylic acids is 1.